The van der Waals surface area contributed by atoms with E-state index in [1.165, 1.54) is 5.69 Å². The van der Waals surface area contributed by atoms with Crippen molar-refractivity contribution in [3.63, 3.8) is 0 Å². The summed E-state index contributed by atoms with van der Waals surface area (Å²) >= 11 is 1.58. The maximum atomic E-state index is 12.7. The molecule has 2 aromatic carbocycles. The molecule has 226 valence electrons. The van der Waals surface area contributed by atoms with Crippen molar-refractivity contribution < 1.29 is 4.79 Å². The summed E-state index contributed by atoms with van der Waals surface area (Å²) in [5.74, 6) is 0.451. The van der Waals surface area contributed by atoms with Gasteiger partial charge >= 0.3 is 0 Å². The van der Waals surface area contributed by atoms with E-state index in [1.807, 2.05) is 76.6 Å². The van der Waals surface area contributed by atoms with Crippen molar-refractivity contribution in [2.24, 2.45) is 0 Å². The Hall–Kier alpha value is -5.06. The standard InChI is InChI=1S/C35H34N8OS/c1-2-41-18-20-42(21-19-41)28-13-11-26(12-14-28)38-35-36-16-15-30(39-35)34-33(40-31-10-3-4-17-43(31)34)25-7-5-8-27(23-25)37-32(44)24-29-9-6-22-45-29/h3-17,22-23H,2,18-21,24H2,1H3,(H,37,44)(H,36,38,39). The van der Waals surface area contributed by atoms with Crippen molar-refractivity contribution in [2.75, 3.05) is 48.3 Å². The molecule has 1 aliphatic rings. The molecule has 0 saturated carbocycles. The van der Waals surface area contributed by atoms with Gasteiger partial charge in [-0.15, -0.1) is 11.3 Å². The monoisotopic (exact) mass is 614 g/mol. The number of carbonyl (C=O) groups is 1. The van der Waals surface area contributed by atoms with E-state index in [9.17, 15) is 4.79 Å². The van der Waals surface area contributed by atoms with Crippen LogP contribution < -0.4 is 15.5 Å². The lowest BCUT2D eigenvalue weighted by Gasteiger charge is -2.35. The Morgan fingerprint density at radius 2 is 1.76 bits per heavy atom. The van der Waals surface area contributed by atoms with Crippen LogP contribution in [0.1, 0.15) is 11.8 Å². The molecule has 7 rings (SSSR count). The van der Waals surface area contributed by atoms with Gasteiger partial charge in [-0.05, 0) is 72.6 Å². The molecule has 1 aliphatic heterocycles. The van der Waals surface area contributed by atoms with Gasteiger partial charge in [-0.2, -0.15) is 0 Å². The lowest BCUT2D eigenvalue weighted by atomic mass is 10.1. The molecule has 0 spiro atoms. The zero-order valence-corrected chi connectivity index (χ0v) is 25.9. The Kier molecular flexibility index (Phi) is 8.22. The summed E-state index contributed by atoms with van der Waals surface area (Å²) in [4.78, 5) is 33.1. The first kappa shape index (κ1) is 28.7. The molecule has 0 unspecified atom stereocenters. The average molecular weight is 615 g/mol. The minimum absolute atomic E-state index is 0.0524. The van der Waals surface area contributed by atoms with Crippen molar-refractivity contribution in [3.8, 4) is 22.6 Å². The third kappa shape index (κ3) is 6.43. The van der Waals surface area contributed by atoms with Gasteiger partial charge in [0.25, 0.3) is 0 Å². The third-order valence-electron chi connectivity index (χ3n) is 8.07. The molecule has 10 heteroatoms. The number of piperazine rings is 1. The molecule has 0 bridgehead atoms. The van der Waals surface area contributed by atoms with E-state index in [4.69, 9.17) is 9.97 Å². The topological polar surface area (TPSA) is 90.7 Å². The van der Waals surface area contributed by atoms with Crippen LogP contribution in [0, 0.1) is 0 Å². The molecule has 1 fully saturated rings. The van der Waals surface area contributed by atoms with Gasteiger partial charge in [-0.25, -0.2) is 15.0 Å². The number of thiophene rings is 1. The second-order valence-electron chi connectivity index (χ2n) is 11.0. The summed E-state index contributed by atoms with van der Waals surface area (Å²) in [5.41, 5.74) is 6.91. The lowest BCUT2D eigenvalue weighted by molar-refractivity contribution is -0.115. The first-order valence-corrected chi connectivity index (χ1v) is 16.1. The van der Waals surface area contributed by atoms with Crippen molar-refractivity contribution in [2.45, 2.75) is 13.3 Å². The fraction of sp³-hybridized carbons (Fsp3) is 0.200. The highest BCUT2D eigenvalue weighted by molar-refractivity contribution is 7.10. The number of amides is 1. The molecule has 2 N–H and O–H groups in total. The summed E-state index contributed by atoms with van der Waals surface area (Å²) < 4.78 is 2.04. The number of benzene rings is 2. The highest BCUT2D eigenvalue weighted by atomic mass is 32.1. The number of nitrogens with one attached hydrogen (secondary N) is 2. The number of aromatic nitrogens is 4. The molecule has 1 saturated heterocycles. The van der Waals surface area contributed by atoms with Gasteiger partial charge in [0.05, 0.1) is 23.5 Å². The summed E-state index contributed by atoms with van der Waals surface area (Å²) in [6.45, 7) is 7.59. The average Bonchev–Trinajstić information content (AvgIpc) is 3.73. The minimum Gasteiger partial charge on any atom is -0.369 e. The summed E-state index contributed by atoms with van der Waals surface area (Å²) in [5, 5.41) is 8.41. The van der Waals surface area contributed by atoms with Gasteiger partial charge in [0.15, 0.2) is 0 Å². The highest BCUT2D eigenvalue weighted by Gasteiger charge is 2.19. The van der Waals surface area contributed by atoms with Gasteiger partial charge in [0, 0.05) is 66.1 Å². The van der Waals surface area contributed by atoms with Crippen molar-refractivity contribution in [1.29, 1.82) is 0 Å². The summed E-state index contributed by atoms with van der Waals surface area (Å²) in [6, 6.07) is 28.0. The van der Waals surface area contributed by atoms with Crippen molar-refractivity contribution in [1.82, 2.24) is 24.3 Å². The molecule has 5 heterocycles. The normalized spacial score (nSPS) is 13.7. The van der Waals surface area contributed by atoms with Crippen LogP contribution in [0.25, 0.3) is 28.3 Å². The van der Waals surface area contributed by atoms with Crippen LogP contribution in [0.3, 0.4) is 0 Å². The molecular weight excluding hydrogens is 581 g/mol. The van der Waals surface area contributed by atoms with E-state index in [0.717, 1.165) is 77.3 Å². The van der Waals surface area contributed by atoms with Gasteiger partial charge < -0.3 is 20.4 Å². The molecule has 45 heavy (non-hydrogen) atoms. The van der Waals surface area contributed by atoms with Gasteiger partial charge in [0.1, 0.15) is 5.65 Å². The second-order valence-corrected chi connectivity index (χ2v) is 12.0. The Morgan fingerprint density at radius 1 is 0.889 bits per heavy atom. The number of pyridine rings is 1. The number of carbonyl (C=O) groups excluding carboxylic acids is 1. The van der Waals surface area contributed by atoms with E-state index in [1.54, 1.807) is 17.5 Å². The zero-order chi connectivity index (χ0) is 30.6. The first-order valence-electron chi connectivity index (χ1n) is 15.2. The number of hydrogen-bond acceptors (Lipinski definition) is 8. The van der Waals surface area contributed by atoms with Gasteiger partial charge in [-0.1, -0.05) is 31.2 Å². The largest absolute Gasteiger partial charge is 0.369 e. The second kappa shape index (κ2) is 12.9. The quantitative estimate of drug-likeness (QED) is 0.190. The van der Waals surface area contributed by atoms with Crippen LogP contribution in [0.5, 0.6) is 0 Å². The lowest BCUT2D eigenvalue weighted by Crippen LogP contribution is -2.46. The van der Waals surface area contributed by atoms with E-state index >= 15 is 0 Å². The summed E-state index contributed by atoms with van der Waals surface area (Å²) in [6.07, 6.45) is 4.10. The van der Waals surface area contributed by atoms with Crippen LogP contribution in [0.4, 0.5) is 23.0 Å². The third-order valence-corrected chi connectivity index (χ3v) is 8.95. The fourth-order valence-electron chi connectivity index (χ4n) is 5.72. The maximum absolute atomic E-state index is 12.7. The van der Waals surface area contributed by atoms with Crippen LogP contribution >= 0.6 is 11.3 Å². The predicted molar refractivity (Wildman–Crippen MR) is 182 cm³/mol. The maximum Gasteiger partial charge on any atom is 0.229 e. The Balaban J connectivity index is 1.14. The van der Waals surface area contributed by atoms with Crippen LogP contribution in [-0.4, -0.2) is 62.9 Å². The molecule has 4 aromatic heterocycles. The van der Waals surface area contributed by atoms with Crippen molar-refractivity contribution >= 4 is 45.9 Å². The van der Waals surface area contributed by atoms with Gasteiger partial charge in [0.2, 0.25) is 11.9 Å². The molecular formula is C35H34N8OS. The highest BCUT2D eigenvalue weighted by Crippen LogP contribution is 2.33. The minimum atomic E-state index is -0.0524. The Morgan fingerprint density at radius 3 is 2.56 bits per heavy atom. The number of nitrogens with zero attached hydrogens (tertiary/aromatic N) is 6. The number of rotatable bonds is 9. The number of fused-ring (bicyclic) bond motifs is 1. The molecule has 0 aliphatic carbocycles. The Bertz CT molecular complexity index is 1910. The molecule has 9 nitrogen and oxygen atoms in total. The SMILES string of the molecule is CCN1CCN(c2ccc(Nc3nccc(-c4c(-c5cccc(NC(=O)Cc6cccs6)c5)nc5ccccn45)n3)cc2)CC1. The number of likely N-dealkylation sites (N-methyl/N-ethyl adjacent to an activating group) is 1. The summed E-state index contributed by atoms with van der Waals surface area (Å²) in [7, 11) is 0. The van der Waals surface area contributed by atoms with E-state index < -0.39 is 0 Å². The fourth-order valence-corrected chi connectivity index (χ4v) is 6.42. The number of imidazole rings is 1. The molecule has 0 atom stereocenters. The first-order chi connectivity index (χ1) is 22.1. The van der Waals surface area contributed by atoms with Crippen LogP contribution in [0.15, 0.2) is 103 Å². The zero-order valence-electron chi connectivity index (χ0n) is 25.1. The number of hydrogen-bond donors (Lipinski definition) is 2. The van der Waals surface area contributed by atoms with Crippen LogP contribution in [0.2, 0.25) is 0 Å². The molecule has 1 amide bonds. The Labute approximate surface area is 266 Å². The van der Waals surface area contributed by atoms with Crippen LogP contribution in [-0.2, 0) is 11.2 Å². The van der Waals surface area contributed by atoms with E-state index in [2.05, 4.69) is 56.6 Å². The predicted octanol–water partition coefficient (Wildman–Crippen LogP) is 6.59. The molecule has 0 radical (unpaired) electrons. The number of anilines is 4. The smallest absolute Gasteiger partial charge is 0.229 e. The molecule has 6 aromatic rings. The van der Waals surface area contributed by atoms with E-state index in [-0.39, 0.29) is 5.91 Å². The van der Waals surface area contributed by atoms with Gasteiger partial charge in [-0.3, -0.25) is 9.20 Å². The van der Waals surface area contributed by atoms with E-state index in [0.29, 0.717) is 12.4 Å². The van der Waals surface area contributed by atoms with Crippen molar-refractivity contribution in [3.05, 3.63) is 108 Å².